The second-order valence-corrected chi connectivity index (χ2v) is 6.04. The number of para-hydroxylation sites is 1. The van der Waals surface area contributed by atoms with Crippen LogP contribution in [0.3, 0.4) is 0 Å². The van der Waals surface area contributed by atoms with Gasteiger partial charge in [0.25, 0.3) is 5.91 Å². The highest BCUT2D eigenvalue weighted by molar-refractivity contribution is 6.07. The molecule has 0 saturated carbocycles. The molecule has 5 heteroatoms. The van der Waals surface area contributed by atoms with Crippen molar-refractivity contribution < 1.29 is 9.53 Å². The van der Waals surface area contributed by atoms with Gasteiger partial charge in [-0.05, 0) is 31.2 Å². The number of rotatable bonds is 5. The van der Waals surface area contributed by atoms with E-state index in [9.17, 15) is 4.79 Å². The van der Waals surface area contributed by atoms with E-state index in [1.807, 2.05) is 49.4 Å². The third-order valence-electron chi connectivity index (χ3n) is 4.20. The van der Waals surface area contributed by atoms with E-state index in [0.29, 0.717) is 12.1 Å². The molecule has 0 aliphatic heterocycles. The van der Waals surface area contributed by atoms with Gasteiger partial charge in [-0.15, -0.1) is 0 Å². The molecular weight excluding hydrogens is 314 g/mol. The lowest BCUT2D eigenvalue weighted by atomic mass is 10.0. The van der Waals surface area contributed by atoms with E-state index in [2.05, 4.69) is 4.98 Å². The van der Waals surface area contributed by atoms with Crippen LogP contribution in [0.25, 0.3) is 22.2 Å². The average Bonchev–Trinajstić information content (AvgIpc) is 2.67. The average molecular weight is 335 g/mol. The minimum atomic E-state index is -0.0437. The van der Waals surface area contributed by atoms with Gasteiger partial charge in [0.1, 0.15) is 0 Å². The predicted octanol–water partition coefficient (Wildman–Crippen LogP) is 3.40. The van der Waals surface area contributed by atoms with Crippen LogP contribution in [0.1, 0.15) is 17.3 Å². The number of methoxy groups -OCH3 is 1. The molecule has 25 heavy (non-hydrogen) atoms. The van der Waals surface area contributed by atoms with Crippen molar-refractivity contribution in [2.75, 3.05) is 20.7 Å². The molecule has 1 aromatic carbocycles. The van der Waals surface area contributed by atoms with Crippen LogP contribution in [-0.4, -0.2) is 47.6 Å². The van der Waals surface area contributed by atoms with E-state index in [1.165, 1.54) is 0 Å². The van der Waals surface area contributed by atoms with E-state index < -0.39 is 0 Å². The molecule has 128 valence electrons. The highest BCUT2D eigenvalue weighted by Crippen LogP contribution is 2.25. The Morgan fingerprint density at radius 1 is 1.20 bits per heavy atom. The second kappa shape index (κ2) is 7.40. The normalized spacial score (nSPS) is 12.1. The van der Waals surface area contributed by atoms with Gasteiger partial charge in [0.15, 0.2) is 0 Å². The molecule has 2 aromatic heterocycles. The van der Waals surface area contributed by atoms with Gasteiger partial charge in [-0.2, -0.15) is 0 Å². The van der Waals surface area contributed by atoms with Gasteiger partial charge in [-0.1, -0.05) is 18.2 Å². The Balaban J connectivity index is 2.08. The quantitative estimate of drug-likeness (QED) is 0.717. The summed E-state index contributed by atoms with van der Waals surface area (Å²) in [5.74, 6) is -0.0437. The highest BCUT2D eigenvalue weighted by atomic mass is 16.5. The first-order valence-electron chi connectivity index (χ1n) is 8.18. The maximum Gasteiger partial charge on any atom is 0.254 e. The van der Waals surface area contributed by atoms with Crippen molar-refractivity contribution in [2.24, 2.45) is 0 Å². The summed E-state index contributed by atoms with van der Waals surface area (Å²) in [6.07, 6.45) is 3.42. The van der Waals surface area contributed by atoms with E-state index >= 15 is 0 Å². The summed E-state index contributed by atoms with van der Waals surface area (Å²) >= 11 is 0. The minimum absolute atomic E-state index is 0.0262. The lowest BCUT2D eigenvalue weighted by molar-refractivity contribution is 0.0601. The number of benzene rings is 1. The SMILES string of the molecule is COC(C)CN(C)C(=O)c1cc(-c2ccncc2)nc2ccccc12. The van der Waals surface area contributed by atoms with Crippen molar-refractivity contribution in [3.63, 3.8) is 0 Å². The Kier molecular flexibility index (Phi) is 5.05. The number of amides is 1. The largest absolute Gasteiger partial charge is 0.380 e. The molecule has 0 saturated heterocycles. The number of hydrogen-bond donors (Lipinski definition) is 0. The molecule has 1 unspecified atom stereocenters. The van der Waals surface area contributed by atoms with Crippen molar-refractivity contribution >= 4 is 16.8 Å². The van der Waals surface area contributed by atoms with Crippen LogP contribution in [0, 0.1) is 0 Å². The van der Waals surface area contributed by atoms with E-state index in [1.54, 1.807) is 31.5 Å². The predicted molar refractivity (Wildman–Crippen MR) is 98.4 cm³/mol. The standard InChI is InChI=1S/C20H21N3O2/c1-14(25-3)13-23(2)20(24)17-12-19(15-8-10-21-11-9-15)22-18-7-5-4-6-16(17)18/h4-12,14H,13H2,1-3H3. The molecule has 0 bridgehead atoms. The summed E-state index contributed by atoms with van der Waals surface area (Å²) in [5, 5.41) is 0.849. The zero-order valence-corrected chi connectivity index (χ0v) is 14.6. The Labute approximate surface area is 147 Å². The molecule has 3 rings (SSSR count). The lowest BCUT2D eigenvalue weighted by Crippen LogP contribution is -2.34. The highest BCUT2D eigenvalue weighted by Gasteiger charge is 2.18. The maximum atomic E-state index is 13.0. The molecule has 0 spiro atoms. The topological polar surface area (TPSA) is 55.3 Å². The number of aromatic nitrogens is 2. The van der Waals surface area contributed by atoms with Gasteiger partial charge in [0.2, 0.25) is 0 Å². The number of hydrogen-bond acceptors (Lipinski definition) is 4. The number of pyridine rings is 2. The van der Waals surface area contributed by atoms with Gasteiger partial charge in [0, 0.05) is 44.0 Å². The van der Waals surface area contributed by atoms with E-state index in [4.69, 9.17) is 9.72 Å². The Hall–Kier alpha value is -2.79. The molecule has 0 fully saturated rings. The fourth-order valence-corrected chi connectivity index (χ4v) is 2.77. The van der Waals surface area contributed by atoms with Crippen molar-refractivity contribution in [1.29, 1.82) is 0 Å². The zero-order chi connectivity index (χ0) is 17.8. The summed E-state index contributed by atoms with van der Waals surface area (Å²) in [4.78, 5) is 23.5. The summed E-state index contributed by atoms with van der Waals surface area (Å²) in [5.41, 5.74) is 3.14. The van der Waals surface area contributed by atoms with Crippen LogP contribution in [-0.2, 0) is 4.74 Å². The zero-order valence-electron chi connectivity index (χ0n) is 14.6. The van der Waals surface area contributed by atoms with Crippen LogP contribution in [0.2, 0.25) is 0 Å². The van der Waals surface area contributed by atoms with Crippen LogP contribution in [0.4, 0.5) is 0 Å². The van der Waals surface area contributed by atoms with Crippen LogP contribution >= 0.6 is 0 Å². The Morgan fingerprint density at radius 2 is 1.92 bits per heavy atom. The van der Waals surface area contributed by atoms with Crippen molar-refractivity contribution in [3.8, 4) is 11.3 Å². The molecular formula is C20H21N3O2. The fourth-order valence-electron chi connectivity index (χ4n) is 2.77. The molecule has 0 aliphatic rings. The summed E-state index contributed by atoms with van der Waals surface area (Å²) in [6.45, 7) is 2.47. The van der Waals surface area contributed by atoms with Gasteiger partial charge >= 0.3 is 0 Å². The molecule has 0 radical (unpaired) electrons. The monoisotopic (exact) mass is 335 g/mol. The van der Waals surface area contributed by atoms with Gasteiger partial charge < -0.3 is 9.64 Å². The smallest absolute Gasteiger partial charge is 0.254 e. The first kappa shape index (κ1) is 17.0. The Bertz CT molecular complexity index is 881. The molecule has 3 aromatic rings. The summed E-state index contributed by atoms with van der Waals surface area (Å²) in [6, 6.07) is 13.3. The van der Waals surface area contributed by atoms with Crippen LogP contribution < -0.4 is 0 Å². The molecule has 5 nitrogen and oxygen atoms in total. The van der Waals surface area contributed by atoms with Crippen molar-refractivity contribution in [2.45, 2.75) is 13.0 Å². The first-order chi connectivity index (χ1) is 12.1. The van der Waals surface area contributed by atoms with Crippen molar-refractivity contribution in [3.05, 3.63) is 60.4 Å². The van der Waals surface area contributed by atoms with Gasteiger partial charge in [0.05, 0.1) is 22.9 Å². The molecule has 1 amide bonds. The number of nitrogens with zero attached hydrogens (tertiary/aromatic N) is 3. The molecule has 1 atom stereocenters. The Morgan fingerprint density at radius 3 is 2.64 bits per heavy atom. The van der Waals surface area contributed by atoms with Crippen molar-refractivity contribution in [1.82, 2.24) is 14.9 Å². The number of carbonyl (C=O) groups excluding carboxylic acids is 1. The number of likely N-dealkylation sites (N-methyl/N-ethyl adjacent to an activating group) is 1. The van der Waals surface area contributed by atoms with Gasteiger partial charge in [-0.3, -0.25) is 9.78 Å². The maximum absolute atomic E-state index is 13.0. The second-order valence-electron chi connectivity index (χ2n) is 6.04. The van der Waals surface area contributed by atoms with Gasteiger partial charge in [-0.25, -0.2) is 4.98 Å². The minimum Gasteiger partial charge on any atom is -0.380 e. The molecule has 2 heterocycles. The number of fused-ring (bicyclic) bond motifs is 1. The van der Waals surface area contributed by atoms with E-state index in [0.717, 1.165) is 22.2 Å². The fraction of sp³-hybridized carbons (Fsp3) is 0.250. The summed E-state index contributed by atoms with van der Waals surface area (Å²) in [7, 11) is 3.44. The molecule has 0 aliphatic carbocycles. The van der Waals surface area contributed by atoms with Crippen LogP contribution in [0.5, 0.6) is 0 Å². The first-order valence-corrected chi connectivity index (χ1v) is 8.18. The third kappa shape index (κ3) is 3.67. The molecule has 0 N–H and O–H groups in total. The third-order valence-corrected chi connectivity index (χ3v) is 4.20. The summed E-state index contributed by atoms with van der Waals surface area (Å²) < 4.78 is 5.27. The van der Waals surface area contributed by atoms with E-state index in [-0.39, 0.29) is 12.0 Å². The lowest BCUT2D eigenvalue weighted by Gasteiger charge is -2.21. The number of ether oxygens (including phenoxy) is 1. The number of carbonyl (C=O) groups is 1. The van der Waals surface area contributed by atoms with Crippen LogP contribution in [0.15, 0.2) is 54.9 Å².